The van der Waals surface area contributed by atoms with Crippen LogP contribution in [-0.4, -0.2) is 87.6 Å². The van der Waals surface area contributed by atoms with Gasteiger partial charge in [-0.3, -0.25) is 40.2 Å². The number of carbonyl (C=O) groups is 2. The predicted molar refractivity (Wildman–Crippen MR) is 268 cm³/mol. The molecule has 0 unspecified atom stereocenters. The zero-order valence-electron chi connectivity index (χ0n) is 38.8. The van der Waals surface area contributed by atoms with Gasteiger partial charge in [0.15, 0.2) is 0 Å². The van der Waals surface area contributed by atoms with E-state index in [4.69, 9.17) is 42.1 Å². The molecule has 6 rings (SSSR count). The van der Waals surface area contributed by atoms with Crippen LogP contribution in [0.5, 0.6) is 23.0 Å². The summed E-state index contributed by atoms with van der Waals surface area (Å²) in [6.07, 6.45) is 8.43. The van der Waals surface area contributed by atoms with Gasteiger partial charge in [-0.15, -0.1) is 0 Å². The lowest BCUT2D eigenvalue weighted by atomic mass is 9.92. The van der Waals surface area contributed by atoms with Gasteiger partial charge in [-0.25, -0.2) is 0 Å². The minimum Gasteiger partial charge on any atom is -0.488 e. The quantitative estimate of drug-likeness (QED) is 0.0287. The van der Waals surface area contributed by atoms with Crippen LogP contribution in [0.2, 0.25) is 10.0 Å². The fourth-order valence-corrected chi connectivity index (χ4v) is 7.86. The molecule has 0 saturated heterocycles. The molecule has 0 spiro atoms. The van der Waals surface area contributed by atoms with Crippen LogP contribution < -0.4 is 29.6 Å². The molecule has 366 valence electrons. The number of hydrogen-bond acceptors (Lipinski definition) is 14. The average Bonchev–Trinajstić information content (AvgIpc) is 3.34. The number of carboxylic acids is 2. The van der Waals surface area contributed by atoms with Crippen molar-refractivity contribution in [1.82, 2.24) is 20.6 Å². The van der Waals surface area contributed by atoms with Gasteiger partial charge in [0, 0.05) is 91.1 Å². The maximum atomic E-state index is 11.6. The number of carboxylic acid groups (broad SMARTS) is 2. The van der Waals surface area contributed by atoms with Crippen molar-refractivity contribution in [2.75, 3.05) is 20.3 Å². The second-order valence-corrected chi connectivity index (χ2v) is 16.9. The summed E-state index contributed by atoms with van der Waals surface area (Å²) >= 11 is 13.6. The number of pyridine rings is 2. The molecule has 2 aromatic heterocycles. The topological polar surface area (TPSA) is 227 Å². The van der Waals surface area contributed by atoms with E-state index in [1.807, 2.05) is 62.4 Å². The highest BCUT2D eigenvalue weighted by Crippen LogP contribution is 2.37. The molecule has 18 heteroatoms. The highest BCUT2D eigenvalue weighted by atomic mass is 35.5. The van der Waals surface area contributed by atoms with Gasteiger partial charge in [0.2, 0.25) is 0 Å². The van der Waals surface area contributed by atoms with E-state index in [1.165, 1.54) is 0 Å². The third-order valence-electron chi connectivity index (χ3n) is 11.2. The highest BCUT2D eigenvalue weighted by molar-refractivity contribution is 6.32. The number of nitrogens with zero attached hydrogens (tertiary/aromatic N) is 4. The minimum atomic E-state index is -1.20. The van der Waals surface area contributed by atoms with Crippen molar-refractivity contribution in [3.05, 3.63) is 163 Å². The van der Waals surface area contributed by atoms with E-state index >= 15 is 0 Å². The van der Waals surface area contributed by atoms with Gasteiger partial charge >= 0.3 is 11.9 Å². The Morgan fingerprint density at radius 3 is 1.56 bits per heavy atom. The summed E-state index contributed by atoms with van der Waals surface area (Å²) in [4.78, 5) is 39.8. The lowest BCUT2D eigenvalue weighted by molar-refractivity contribution is -0.141. The Hall–Kier alpha value is -6.92. The molecule has 0 bridgehead atoms. The normalized spacial score (nSPS) is 12.1. The number of nitrogens with one attached hydrogen (secondary N) is 2. The Morgan fingerprint density at radius 2 is 1.10 bits per heavy atom. The number of aliphatic imine (C=N–C) groups is 2. The molecule has 4 aromatic carbocycles. The Labute approximate surface area is 415 Å². The molecule has 0 aliphatic heterocycles. The van der Waals surface area contributed by atoms with Gasteiger partial charge in [-0.1, -0.05) is 59.6 Å². The largest absolute Gasteiger partial charge is 0.488 e. The van der Waals surface area contributed by atoms with Gasteiger partial charge in [0.25, 0.3) is 0 Å². The van der Waals surface area contributed by atoms with Gasteiger partial charge in [0.1, 0.15) is 61.5 Å². The van der Waals surface area contributed by atoms with Crippen molar-refractivity contribution in [2.45, 2.75) is 72.0 Å². The van der Waals surface area contributed by atoms with E-state index in [0.717, 1.165) is 55.6 Å². The molecule has 0 aliphatic carbocycles. The molecular formula is C52H54Cl2N6O10. The number of benzene rings is 4. The molecule has 6 aromatic rings. The summed E-state index contributed by atoms with van der Waals surface area (Å²) in [7, 11) is 1.67. The van der Waals surface area contributed by atoms with Crippen LogP contribution in [0.4, 0.5) is 0 Å². The summed E-state index contributed by atoms with van der Waals surface area (Å²) in [5.41, 5.74) is 10.1. The summed E-state index contributed by atoms with van der Waals surface area (Å²) in [5.74, 6) is -0.909. The van der Waals surface area contributed by atoms with Crippen molar-refractivity contribution < 1.29 is 49.0 Å². The number of aliphatic carboxylic acids is 2. The Kier molecular flexibility index (Phi) is 19.2. The molecule has 2 heterocycles. The van der Waals surface area contributed by atoms with E-state index < -0.39 is 37.2 Å². The number of rotatable bonds is 26. The van der Waals surface area contributed by atoms with E-state index in [-0.39, 0.29) is 49.6 Å². The fourth-order valence-electron chi connectivity index (χ4n) is 7.38. The number of aliphatic hydroxyl groups is 2. The zero-order valence-corrected chi connectivity index (χ0v) is 40.3. The van der Waals surface area contributed by atoms with E-state index in [0.29, 0.717) is 40.7 Å². The highest BCUT2D eigenvalue weighted by Gasteiger charge is 2.21. The summed E-state index contributed by atoms with van der Waals surface area (Å²) in [5, 5.41) is 44.4. The van der Waals surface area contributed by atoms with Crippen LogP contribution >= 0.6 is 23.2 Å². The summed E-state index contributed by atoms with van der Waals surface area (Å²) in [6, 6.07) is 20.0. The standard InChI is InChI=1S/C52H54Cl2N6O10/c1-31-37(29-69-49-15-47(67-27-35-11-33(17-55-3)19-57-21-35)39(13-43(49)53)23-59-45(25-61)51(63)64)7-5-9-41(31)42-10-6-8-38(32(42)2)30-70-50-16-48(68-28-36-12-34(18-56-4)20-58-22-36)40(14-44(50)54)24-60-46(26-62)52(65)66/h5-16,18-22,45-46,59-62H,3,17,23-30H2,1-2,4H3,(H,63,64)(H,65,66)/b56-18+/t45-,46+/m0/s1. The van der Waals surface area contributed by atoms with Crippen LogP contribution in [0, 0.1) is 13.8 Å². The Bertz CT molecular complexity index is 2830. The second kappa shape index (κ2) is 25.6. The Morgan fingerprint density at radius 1 is 0.643 bits per heavy atom. The first-order chi connectivity index (χ1) is 33.8. The van der Waals surface area contributed by atoms with Crippen LogP contribution in [0.25, 0.3) is 11.1 Å². The number of aliphatic hydroxyl groups excluding tert-OH is 2. The SMILES string of the molecule is C=NCc1cncc(COc2cc(OCc3cccc(-c4cccc(COc5cc(OCc6cncc(/C=N/C)c6)c(CN[C@H](CO)C(=O)O)cc5Cl)c4C)c3C)c(Cl)cc2CN[C@@H](CO)C(=O)O)c1. The molecule has 0 aliphatic rings. The van der Waals surface area contributed by atoms with Crippen LogP contribution in [-0.2, 0) is 55.7 Å². The average molecular weight is 994 g/mol. The van der Waals surface area contributed by atoms with Crippen molar-refractivity contribution in [2.24, 2.45) is 9.98 Å². The monoisotopic (exact) mass is 992 g/mol. The van der Waals surface area contributed by atoms with E-state index in [9.17, 15) is 30.0 Å². The first-order valence-corrected chi connectivity index (χ1v) is 22.8. The number of ether oxygens (including phenoxy) is 4. The Balaban J connectivity index is 1.20. The van der Waals surface area contributed by atoms with Gasteiger partial charge < -0.3 is 39.4 Å². The fraction of sp³-hybridized carbons (Fsp3) is 0.269. The predicted octanol–water partition coefficient (Wildman–Crippen LogP) is 7.70. The van der Waals surface area contributed by atoms with Crippen molar-refractivity contribution in [3.63, 3.8) is 0 Å². The number of hydrogen-bond donors (Lipinski definition) is 6. The maximum Gasteiger partial charge on any atom is 0.323 e. The summed E-state index contributed by atoms with van der Waals surface area (Å²) in [6.45, 7) is 7.44. The maximum absolute atomic E-state index is 11.6. The first-order valence-electron chi connectivity index (χ1n) is 22.0. The smallest absolute Gasteiger partial charge is 0.323 e. The third-order valence-corrected chi connectivity index (χ3v) is 11.8. The van der Waals surface area contributed by atoms with Crippen molar-refractivity contribution >= 4 is 48.1 Å². The van der Waals surface area contributed by atoms with Crippen molar-refractivity contribution in [1.29, 1.82) is 0 Å². The lowest BCUT2D eigenvalue weighted by Gasteiger charge is -2.19. The van der Waals surface area contributed by atoms with Gasteiger partial charge in [-0.05, 0) is 83.8 Å². The summed E-state index contributed by atoms with van der Waals surface area (Å²) < 4.78 is 25.2. The molecule has 0 radical (unpaired) electrons. The molecule has 16 nitrogen and oxygen atoms in total. The molecular weight excluding hydrogens is 940 g/mol. The molecule has 0 amide bonds. The zero-order chi connectivity index (χ0) is 50.2. The number of halogens is 2. The van der Waals surface area contributed by atoms with Crippen LogP contribution in [0.3, 0.4) is 0 Å². The molecule has 0 saturated carbocycles. The van der Waals surface area contributed by atoms with Gasteiger partial charge in [-0.2, -0.15) is 0 Å². The molecule has 0 fully saturated rings. The van der Waals surface area contributed by atoms with Crippen molar-refractivity contribution in [3.8, 4) is 34.1 Å². The second-order valence-electron chi connectivity index (χ2n) is 16.1. The van der Waals surface area contributed by atoms with E-state index in [2.05, 4.69) is 37.3 Å². The molecule has 70 heavy (non-hydrogen) atoms. The van der Waals surface area contributed by atoms with E-state index in [1.54, 1.807) is 62.3 Å². The van der Waals surface area contributed by atoms with Crippen LogP contribution in [0.15, 0.2) is 108 Å². The first kappa shape index (κ1) is 52.5. The molecule has 2 atom stereocenters. The molecule has 6 N–H and O–H groups in total. The number of aromatic nitrogens is 2. The lowest BCUT2D eigenvalue weighted by Crippen LogP contribution is -2.39. The third kappa shape index (κ3) is 14.1. The van der Waals surface area contributed by atoms with Gasteiger partial charge in [0.05, 0.1) is 29.8 Å². The van der Waals surface area contributed by atoms with Crippen LogP contribution in [0.1, 0.15) is 55.6 Å². The minimum absolute atomic E-state index is 0.0364.